The molecule has 1 aliphatic rings. The van der Waals surface area contributed by atoms with Gasteiger partial charge in [0.2, 0.25) is 15.9 Å². The van der Waals surface area contributed by atoms with E-state index in [4.69, 9.17) is 0 Å². The Morgan fingerprint density at radius 1 is 1.00 bits per heavy atom. The van der Waals surface area contributed by atoms with E-state index in [1.807, 2.05) is 30.3 Å². The second-order valence-corrected chi connectivity index (χ2v) is 11.2. The molecule has 0 atom stereocenters. The molecule has 8 heteroatoms. The highest BCUT2D eigenvalue weighted by atomic mass is 32.2. The van der Waals surface area contributed by atoms with E-state index in [-0.39, 0.29) is 17.6 Å². The summed E-state index contributed by atoms with van der Waals surface area (Å²) in [7, 11) is -3.58. The summed E-state index contributed by atoms with van der Waals surface area (Å²) in [4.78, 5) is 13.8. The monoisotopic (exact) mass is 486 g/mol. The number of rotatable bonds is 8. The molecule has 0 radical (unpaired) electrons. The van der Waals surface area contributed by atoms with Crippen LogP contribution in [0.4, 0.5) is 4.39 Å². The van der Waals surface area contributed by atoms with E-state index in [9.17, 15) is 17.6 Å². The minimum atomic E-state index is -3.58. The maximum Gasteiger partial charge on any atom is 0.243 e. The lowest BCUT2D eigenvalue weighted by Crippen LogP contribution is -2.43. The molecule has 5 nitrogen and oxygen atoms in total. The first-order chi connectivity index (χ1) is 15.9. The van der Waals surface area contributed by atoms with Crippen molar-refractivity contribution in [2.24, 2.45) is 5.92 Å². The van der Waals surface area contributed by atoms with E-state index in [1.54, 1.807) is 36.0 Å². The van der Waals surface area contributed by atoms with Gasteiger partial charge in [0.05, 0.1) is 4.90 Å². The van der Waals surface area contributed by atoms with Gasteiger partial charge in [0.25, 0.3) is 0 Å². The molecule has 1 N–H and O–H groups in total. The second-order valence-electron chi connectivity index (χ2n) is 8.13. The molecule has 174 valence electrons. The van der Waals surface area contributed by atoms with Crippen LogP contribution in [0.1, 0.15) is 19.3 Å². The molecule has 0 bridgehead atoms. The number of piperidine rings is 1. The summed E-state index contributed by atoms with van der Waals surface area (Å²) in [5.41, 5.74) is 0. The lowest BCUT2D eigenvalue weighted by atomic mass is 9.97. The average Bonchev–Trinajstić information content (AvgIpc) is 2.84. The van der Waals surface area contributed by atoms with E-state index >= 15 is 0 Å². The van der Waals surface area contributed by atoms with Crippen LogP contribution in [0.2, 0.25) is 0 Å². The molecule has 3 aromatic carbocycles. The predicted molar refractivity (Wildman–Crippen MR) is 130 cm³/mol. The zero-order valence-electron chi connectivity index (χ0n) is 18.2. The topological polar surface area (TPSA) is 66.5 Å². The number of amides is 1. The Bertz CT molecular complexity index is 1210. The number of hydrogen-bond acceptors (Lipinski definition) is 4. The van der Waals surface area contributed by atoms with E-state index in [2.05, 4.69) is 5.32 Å². The first-order valence-electron chi connectivity index (χ1n) is 11.1. The van der Waals surface area contributed by atoms with Crippen LogP contribution in [0, 0.1) is 11.7 Å². The summed E-state index contributed by atoms with van der Waals surface area (Å²) >= 11 is 1.63. The van der Waals surface area contributed by atoms with Crippen molar-refractivity contribution in [3.8, 4) is 0 Å². The van der Waals surface area contributed by atoms with Gasteiger partial charge < -0.3 is 5.32 Å². The number of carbonyl (C=O) groups is 1. The second kappa shape index (κ2) is 10.7. The third kappa shape index (κ3) is 5.93. The molecule has 3 aromatic rings. The number of sulfonamides is 1. The molecule has 1 saturated heterocycles. The summed E-state index contributed by atoms with van der Waals surface area (Å²) in [5, 5.41) is 4.87. The molecular formula is C25H27FN2O3S2. The fraction of sp³-hybridized carbons (Fsp3) is 0.320. The summed E-state index contributed by atoms with van der Waals surface area (Å²) in [5.74, 6) is 0.402. The largest absolute Gasteiger partial charge is 0.356 e. The van der Waals surface area contributed by atoms with Gasteiger partial charge in [-0.1, -0.05) is 30.3 Å². The number of carbonyl (C=O) groups excluding carboxylic acids is 1. The Balaban J connectivity index is 1.23. The predicted octanol–water partition coefficient (Wildman–Crippen LogP) is 4.68. The zero-order valence-corrected chi connectivity index (χ0v) is 19.9. The highest BCUT2D eigenvalue weighted by molar-refractivity contribution is 7.99. The van der Waals surface area contributed by atoms with Crippen molar-refractivity contribution < 1.29 is 17.6 Å². The van der Waals surface area contributed by atoms with E-state index in [0.29, 0.717) is 37.4 Å². The number of nitrogens with one attached hydrogen (secondary N) is 1. The van der Waals surface area contributed by atoms with Crippen LogP contribution in [0.5, 0.6) is 0 Å². The molecule has 0 aliphatic carbocycles. The lowest BCUT2D eigenvalue weighted by molar-refractivity contribution is -0.126. The lowest BCUT2D eigenvalue weighted by Gasteiger charge is -2.30. The first kappa shape index (κ1) is 23.7. The van der Waals surface area contributed by atoms with Crippen LogP contribution in [-0.4, -0.2) is 44.0 Å². The number of nitrogens with zero attached hydrogens (tertiary/aromatic N) is 1. The average molecular weight is 487 g/mol. The Morgan fingerprint density at radius 3 is 2.42 bits per heavy atom. The molecule has 4 rings (SSSR count). The number of benzene rings is 3. The Kier molecular flexibility index (Phi) is 7.67. The van der Waals surface area contributed by atoms with Crippen LogP contribution >= 0.6 is 11.8 Å². The summed E-state index contributed by atoms with van der Waals surface area (Å²) < 4.78 is 40.6. The van der Waals surface area contributed by atoms with Crippen molar-refractivity contribution in [3.05, 3.63) is 72.5 Å². The van der Waals surface area contributed by atoms with Gasteiger partial charge in [-0.2, -0.15) is 4.31 Å². The van der Waals surface area contributed by atoms with Crippen molar-refractivity contribution >= 4 is 38.5 Å². The van der Waals surface area contributed by atoms with Gasteiger partial charge in [-0.15, -0.1) is 11.8 Å². The third-order valence-corrected chi connectivity index (χ3v) is 8.88. The third-order valence-electron chi connectivity index (χ3n) is 5.89. The van der Waals surface area contributed by atoms with Gasteiger partial charge in [-0.25, -0.2) is 12.8 Å². The Labute approximate surface area is 198 Å². The fourth-order valence-electron chi connectivity index (χ4n) is 3.98. The van der Waals surface area contributed by atoms with Gasteiger partial charge >= 0.3 is 0 Å². The van der Waals surface area contributed by atoms with Crippen LogP contribution in [0.15, 0.2) is 76.5 Å². The summed E-state index contributed by atoms with van der Waals surface area (Å²) in [6, 6.07) is 19.3. The normalized spacial score (nSPS) is 15.5. The molecule has 1 amide bonds. The summed E-state index contributed by atoms with van der Waals surface area (Å²) in [6.45, 7) is 1.25. The zero-order chi connectivity index (χ0) is 23.3. The molecule has 0 saturated carbocycles. The minimum absolute atomic E-state index is 0.00969. The van der Waals surface area contributed by atoms with Crippen molar-refractivity contribution in [3.63, 3.8) is 0 Å². The van der Waals surface area contributed by atoms with Gasteiger partial charge in [0.15, 0.2) is 0 Å². The fourth-order valence-corrected chi connectivity index (χ4v) is 6.34. The molecule has 0 spiro atoms. The van der Waals surface area contributed by atoms with Crippen LogP contribution < -0.4 is 5.32 Å². The van der Waals surface area contributed by atoms with Crippen molar-refractivity contribution in [1.82, 2.24) is 9.62 Å². The number of halogens is 1. The van der Waals surface area contributed by atoms with Crippen molar-refractivity contribution in [2.45, 2.75) is 29.1 Å². The SMILES string of the molecule is O=C(NCCCSc1ccc(F)cc1)C1CCN(S(=O)(=O)c2ccc3ccccc3c2)CC1. The van der Waals surface area contributed by atoms with Crippen molar-refractivity contribution in [2.75, 3.05) is 25.4 Å². The van der Waals surface area contributed by atoms with Gasteiger partial charge in [-0.05, 0) is 72.2 Å². The quantitative estimate of drug-likeness (QED) is 0.371. The Hall–Kier alpha value is -2.42. The van der Waals surface area contributed by atoms with Crippen LogP contribution in [0.25, 0.3) is 10.8 Å². The maximum absolute atomic E-state index is 13.1. The highest BCUT2D eigenvalue weighted by Crippen LogP contribution is 2.26. The van der Waals surface area contributed by atoms with Gasteiger partial charge in [-0.3, -0.25) is 4.79 Å². The van der Waals surface area contributed by atoms with Crippen LogP contribution in [-0.2, 0) is 14.8 Å². The summed E-state index contributed by atoms with van der Waals surface area (Å²) in [6.07, 6.45) is 1.84. The Morgan fingerprint density at radius 2 is 1.70 bits per heavy atom. The maximum atomic E-state index is 13.1. The minimum Gasteiger partial charge on any atom is -0.356 e. The molecule has 1 fully saturated rings. The molecular weight excluding hydrogens is 459 g/mol. The number of hydrogen-bond donors (Lipinski definition) is 1. The molecule has 1 heterocycles. The molecule has 0 aromatic heterocycles. The first-order valence-corrected chi connectivity index (χ1v) is 13.5. The molecule has 0 unspecified atom stereocenters. The number of thioether (sulfide) groups is 1. The smallest absolute Gasteiger partial charge is 0.243 e. The van der Waals surface area contributed by atoms with Crippen molar-refractivity contribution in [1.29, 1.82) is 0 Å². The molecule has 1 aliphatic heterocycles. The van der Waals surface area contributed by atoms with Crippen LogP contribution in [0.3, 0.4) is 0 Å². The number of fused-ring (bicyclic) bond motifs is 1. The van der Waals surface area contributed by atoms with E-state index in [1.165, 1.54) is 16.4 Å². The van der Waals surface area contributed by atoms with E-state index < -0.39 is 10.0 Å². The van der Waals surface area contributed by atoms with Gasteiger partial charge in [0, 0.05) is 30.4 Å². The molecule has 33 heavy (non-hydrogen) atoms. The standard InChI is InChI=1S/C25H27FN2O3S2/c26-22-7-9-23(10-8-22)32-17-3-14-27-25(29)20-12-15-28(16-13-20)33(30,31)24-11-6-19-4-1-2-5-21(19)18-24/h1-2,4-11,18,20H,3,12-17H2,(H,27,29). The highest BCUT2D eigenvalue weighted by Gasteiger charge is 2.32. The van der Waals surface area contributed by atoms with E-state index in [0.717, 1.165) is 27.8 Å². The van der Waals surface area contributed by atoms with Gasteiger partial charge in [0.1, 0.15) is 5.82 Å².